The molecule has 1 amide bonds. The van der Waals surface area contributed by atoms with Crippen LogP contribution in [0.25, 0.3) is 11.3 Å². The maximum Gasteiger partial charge on any atom is 0.223 e. The second-order valence-corrected chi connectivity index (χ2v) is 6.30. The SMILES string of the molecule is O=C(CCOc1ccccc1)NCc1nc(-c2ccc(O)cc2)cs1. The van der Waals surface area contributed by atoms with Crippen molar-refractivity contribution in [3.05, 3.63) is 65.0 Å². The average Bonchev–Trinajstić information content (AvgIpc) is 3.10. The fourth-order valence-electron chi connectivity index (χ4n) is 2.20. The molecular weight excluding hydrogens is 336 g/mol. The van der Waals surface area contributed by atoms with Gasteiger partial charge >= 0.3 is 0 Å². The zero-order valence-corrected chi connectivity index (χ0v) is 14.3. The van der Waals surface area contributed by atoms with Crippen LogP contribution in [0.2, 0.25) is 0 Å². The minimum atomic E-state index is -0.0719. The van der Waals surface area contributed by atoms with Crippen molar-refractivity contribution < 1.29 is 14.6 Å². The van der Waals surface area contributed by atoms with Gasteiger partial charge in [0.05, 0.1) is 25.3 Å². The van der Waals surface area contributed by atoms with E-state index in [2.05, 4.69) is 10.3 Å². The fourth-order valence-corrected chi connectivity index (χ4v) is 2.94. The Kier molecular flexibility index (Phi) is 5.64. The van der Waals surface area contributed by atoms with Gasteiger partial charge < -0.3 is 15.2 Å². The molecule has 0 bridgehead atoms. The molecule has 0 unspecified atom stereocenters. The minimum Gasteiger partial charge on any atom is -0.508 e. The van der Waals surface area contributed by atoms with E-state index >= 15 is 0 Å². The summed E-state index contributed by atoms with van der Waals surface area (Å²) in [5, 5.41) is 14.9. The molecule has 0 atom stereocenters. The number of benzene rings is 2. The maximum absolute atomic E-state index is 11.9. The van der Waals surface area contributed by atoms with E-state index in [0.717, 1.165) is 22.0 Å². The number of hydrogen-bond donors (Lipinski definition) is 2. The van der Waals surface area contributed by atoms with Crippen LogP contribution in [0.4, 0.5) is 0 Å². The van der Waals surface area contributed by atoms with Crippen LogP contribution in [0, 0.1) is 0 Å². The van der Waals surface area contributed by atoms with E-state index in [1.165, 1.54) is 11.3 Å². The molecule has 0 fully saturated rings. The van der Waals surface area contributed by atoms with Crippen molar-refractivity contribution in [2.24, 2.45) is 0 Å². The zero-order valence-electron chi connectivity index (χ0n) is 13.5. The number of amides is 1. The summed E-state index contributed by atoms with van der Waals surface area (Å²) < 4.78 is 5.51. The van der Waals surface area contributed by atoms with Gasteiger partial charge in [0.15, 0.2) is 0 Å². The monoisotopic (exact) mass is 354 g/mol. The Morgan fingerprint density at radius 2 is 1.88 bits per heavy atom. The number of hydrogen-bond acceptors (Lipinski definition) is 5. The Morgan fingerprint density at radius 1 is 1.12 bits per heavy atom. The van der Waals surface area contributed by atoms with Gasteiger partial charge in [-0.1, -0.05) is 18.2 Å². The number of carbonyl (C=O) groups is 1. The Hall–Kier alpha value is -2.86. The van der Waals surface area contributed by atoms with Crippen molar-refractivity contribution >= 4 is 17.2 Å². The normalized spacial score (nSPS) is 10.4. The van der Waals surface area contributed by atoms with Crippen LogP contribution < -0.4 is 10.1 Å². The van der Waals surface area contributed by atoms with Crippen LogP contribution in [0.3, 0.4) is 0 Å². The van der Waals surface area contributed by atoms with Crippen molar-refractivity contribution in [3.63, 3.8) is 0 Å². The predicted octanol–water partition coefficient (Wildman–Crippen LogP) is 3.60. The Morgan fingerprint density at radius 3 is 2.64 bits per heavy atom. The largest absolute Gasteiger partial charge is 0.508 e. The molecule has 1 aromatic heterocycles. The summed E-state index contributed by atoms with van der Waals surface area (Å²) in [4.78, 5) is 16.4. The zero-order chi connectivity index (χ0) is 17.5. The fraction of sp³-hybridized carbons (Fsp3) is 0.158. The number of thiazole rings is 1. The summed E-state index contributed by atoms with van der Waals surface area (Å²) in [6.07, 6.45) is 0.297. The van der Waals surface area contributed by atoms with Gasteiger partial charge in [-0.15, -0.1) is 11.3 Å². The van der Waals surface area contributed by atoms with Crippen LogP contribution in [0.1, 0.15) is 11.4 Å². The molecule has 0 aliphatic heterocycles. The number of nitrogens with zero attached hydrogens (tertiary/aromatic N) is 1. The highest BCUT2D eigenvalue weighted by molar-refractivity contribution is 7.09. The molecule has 5 nitrogen and oxygen atoms in total. The van der Waals surface area contributed by atoms with Crippen LogP contribution in [0.15, 0.2) is 60.0 Å². The van der Waals surface area contributed by atoms with E-state index in [1.54, 1.807) is 12.1 Å². The summed E-state index contributed by atoms with van der Waals surface area (Å²) >= 11 is 1.49. The number of carbonyl (C=O) groups excluding carboxylic acids is 1. The van der Waals surface area contributed by atoms with E-state index in [0.29, 0.717) is 19.6 Å². The van der Waals surface area contributed by atoms with Gasteiger partial charge in [-0.25, -0.2) is 4.98 Å². The van der Waals surface area contributed by atoms with Gasteiger partial charge in [-0.05, 0) is 36.4 Å². The minimum absolute atomic E-state index is 0.0719. The third kappa shape index (κ3) is 5.06. The number of aromatic nitrogens is 1. The number of rotatable bonds is 7. The van der Waals surface area contributed by atoms with E-state index in [1.807, 2.05) is 47.8 Å². The summed E-state index contributed by atoms with van der Waals surface area (Å²) in [6, 6.07) is 16.3. The quantitative estimate of drug-likeness (QED) is 0.680. The van der Waals surface area contributed by atoms with E-state index in [-0.39, 0.29) is 11.7 Å². The number of nitrogens with one attached hydrogen (secondary N) is 1. The Bertz CT molecular complexity index is 816. The molecule has 128 valence electrons. The predicted molar refractivity (Wildman–Crippen MR) is 97.6 cm³/mol. The second kappa shape index (κ2) is 8.30. The standard InChI is InChI=1S/C19H18N2O3S/c22-15-8-6-14(7-9-15)17-13-25-19(21-17)12-20-18(23)10-11-24-16-4-2-1-3-5-16/h1-9,13,22H,10-12H2,(H,20,23). The Balaban J connectivity index is 1.44. The van der Waals surface area contributed by atoms with Crippen molar-refractivity contribution in [1.29, 1.82) is 0 Å². The van der Waals surface area contributed by atoms with Crippen LogP contribution >= 0.6 is 11.3 Å². The smallest absolute Gasteiger partial charge is 0.223 e. The molecule has 0 spiro atoms. The molecule has 0 aliphatic rings. The molecule has 0 saturated carbocycles. The number of phenolic OH excluding ortho intramolecular Hbond substituents is 1. The van der Waals surface area contributed by atoms with Crippen molar-refractivity contribution in [3.8, 4) is 22.8 Å². The molecule has 3 aromatic rings. The first-order chi connectivity index (χ1) is 12.2. The van der Waals surface area contributed by atoms with Gasteiger partial charge in [-0.2, -0.15) is 0 Å². The lowest BCUT2D eigenvalue weighted by Gasteiger charge is -2.06. The molecule has 2 aromatic carbocycles. The molecule has 0 aliphatic carbocycles. The molecule has 0 radical (unpaired) electrons. The second-order valence-electron chi connectivity index (χ2n) is 5.36. The summed E-state index contributed by atoms with van der Waals surface area (Å²) in [7, 11) is 0. The highest BCUT2D eigenvalue weighted by Crippen LogP contribution is 2.23. The lowest BCUT2D eigenvalue weighted by molar-refractivity contribution is -0.121. The van der Waals surface area contributed by atoms with Crippen molar-refractivity contribution in [2.45, 2.75) is 13.0 Å². The number of para-hydroxylation sites is 1. The molecule has 3 rings (SSSR count). The highest BCUT2D eigenvalue weighted by atomic mass is 32.1. The lowest BCUT2D eigenvalue weighted by Crippen LogP contribution is -2.24. The number of aromatic hydroxyl groups is 1. The topological polar surface area (TPSA) is 71.5 Å². The highest BCUT2D eigenvalue weighted by Gasteiger charge is 2.07. The third-order valence-electron chi connectivity index (χ3n) is 3.49. The Labute approximate surface area is 149 Å². The van der Waals surface area contributed by atoms with Gasteiger partial charge in [0.2, 0.25) is 5.91 Å². The van der Waals surface area contributed by atoms with Gasteiger partial charge in [0.25, 0.3) is 0 Å². The first-order valence-electron chi connectivity index (χ1n) is 7.89. The maximum atomic E-state index is 11.9. The van der Waals surface area contributed by atoms with Crippen molar-refractivity contribution in [2.75, 3.05) is 6.61 Å². The third-order valence-corrected chi connectivity index (χ3v) is 4.34. The summed E-state index contributed by atoms with van der Waals surface area (Å²) in [6.45, 7) is 0.736. The molecule has 0 saturated heterocycles. The summed E-state index contributed by atoms with van der Waals surface area (Å²) in [5.74, 6) is 0.912. The van der Waals surface area contributed by atoms with Gasteiger partial charge in [0, 0.05) is 10.9 Å². The first kappa shape index (κ1) is 17.0. The van der Waals surface area contributed by atoms with Crippen LogP contribution in [-0.4, -0.2) is 22.6 Å². The van der Waals surface area contributed by atoms with E-state index < -0.39 is 0 Å². The lowest BCUT2D eigenvalue weighted by atomic mass is 10.2. The van der Waals surface area contributed by atoms with Gasteiger partial charge in [-0.3, -0.25) is 4.79 Å². The van der Waals surface area contributed by atoms with Gasteiger partial charge in [0.1, 0.15) is 16.5 Å². The first-order valence-corrected chi connectivity index (χ1v) is 8.77. The summed E-state index contributed by atoms with van der Waals surface area (Å²) in [5.41, 5.74) is 1.77. The van der Waals surface area contributed by atoms with Crippen LogP contribution in [0.5, 0.6) is 11.5 Å². The number of phenols is 1. The van der Waals surface area contributed by atoms with E-state index in [4.69, 9.17) is 4.74 Å². The van der Waals surface area contributed by atoms with E-state index in [9.17, 15) is 9.90 Å². The molecule has 2 N–H and O–H groups in total. The van der Waals surface area contributed by atoms with Crippen molar-refractivity contribution in [1.82, 2.24) is 10.3 Å². The molecular formula is C19H18N2O3S. The molecule has 25 heavy (non-hydrogen) atoms. The number of ether oxygens (including phenoxy) is 1. The molecule has 1 heterocycles. The molecule has 6 heteroatoms. The average molecular weight is 354 g/mol. The van der Waals surface area contributed by atoms with Crippen LogP contribution in [-0.2, 0) is 11.3 Å².